The number of amides is 1. The van der Waals surface area contributed by atoms with Gasteiger partial charge in [0.2, 0.25) is 5.91 Å². The topological polar surface area (TPSA) is 108 Å². The van der Waals surface area contributed by atoms with E-state index in [9.17, 15) is 19.4 Å². The maximum atomic E-state index is 12.8. The van der Waals surface area contributed by atoms with Crippen LogP contribution in [0, 0.1) is 0 Å². The molecule has 1 amide bonds. The van der Waals surface area contributed by atoms with E-state index in [-0.39, 0.29) is 19.1 Å². The minimum atomic E-state index is -4.55. The van der Waals surface area contributed by atoms with Crippen LogP contribution in [-0.2, 0) is 18.4 Å². The highest BCUT2D eigenvalue weighted by Gasteiger charge is 2.24. The van der Waals surface area contributed by atoms with Crippen molar-refractivity contribution >= 4 is 13.7 Å². The number of aliphatic hydroxyl groups is 1. The monoisotopic (exact) mass is 747 g/mol. The van der Waals surface area contributed by atoms with Crippen LogP contribution in [0.1, 0.15) is 213 Å². The zero-order valence-corrected chi connectivity index (χ0v) is 35.5. The lowest BCUT2D eigenvalue weighted by molar-refractivity contribution is -0.870. The van der Waals surface area contributed by atoms with Gasteiger partial charge in [0.1, 0.15) is 13.2 Å². The Hall–Kier alpha value is -0.500. The maximum absolute atomic E-state index is 12.8. The molecule has 0 aliphatic rings. The van der Waals surface area contributed by atoms with E-state index in [4.69, 9.17) is 9.05 Å². The van der Waals surface area contributed by atoms with Crippen LogP contribution in [0.25, 0.3) is 0 Å². The van der Waals surface area contributed by atoms with E-state index in [0.717, 1.165) is 38.5 Å². The van der Waals surface area contributed by atoms with Crippen LogP contribution in [0.15, 0.2) is 0 Å². The van der Waals surface area contributed by atoms with Gasteiger partial charge in [-0.15, -0.1) is 0 Å². The van der Waals surface area contributed by atoms with Crippen LogP contribution >= 0.6 is 7.82 Å². The van der Waals surface area contributed by atoms with Gasteiger partial charge in [0.15, 0.2) is 0 Å². The van der Waals surface area contributed by atoms with Gasteiger partial charge in [0.05, 0.1) is 39.9 Å². The minimum absolute atomic E-state index is 0.0159. The zero-order chi connectivity index (χ0) is 37.9. The summed E-state index contributed by atoms with van der Waals surface area (Å²) in [5, 5.41) is 13.9. The molecule has 0 aromatic carbocycles. The molecule has 9 heteroatoms. The smallest absolute Gasteiger partial charge is 0.268 e. The maximum Gasteiger partial charge on any atom is 0.268 e. The number of phosphoric ester groups is 1. The number of nitrogens with one attached hydrogen (secondary N) is 1. The summed E-state index contributed by atoms with van der Waals surface area (Å²) >= 11 is 0. The molecule has 0 saturated carbocycles. The van der Waals surface area contributed by atoms with Gasteiger partial charge in [-0.25, -0.2) is 0 Å². The Labute approximate surface area is 317 Å². The number of unbranched alkanes of at least 4 members (excludes halogenated alkanes) is 27. The van der Waals surface area contributed by atoms with Crippen molar-refractivity contribution in [3.05, 3.63) is 0 Å². The third-order valence-corrected chi connectivity index (χ3v) is 11.1. The molecule has 0 fully saturated rings. The number of hydrogen-bond acceptors (Lipinski definition) is 6. The Morgan fingerprint density at radius 1 is 0.608 bits per heavy atom. The molecule has 3 unspecified atom stereocenters. The second-order valence-corrected chi connectivity index (χ2v) is 17.8. The van der Waals surface area contributed by atoms with Gasteiger partial charge in [0.25, 0.3) is 7.82 Å². The number of rotatable bonds is 40. The van der Waals surface area contributed by atoms with Crippen molar-refractivity contribution in [3.8, 4) is 0 Å². The van der Waals surface area contributed by atoms with Gasteiger partial charge in [0, 0.05) is 6.42 Å². The first-order chi connectivity index (χ1) is 24.5. The normalized spacial score (nSPS) is 14.4. The van der Waals surface area contributed by atoms with E-state index < -0.39 is 20.0 Å². The molecular formula is C42H87N2O6P. The molecular weight excluding hydrogens is 659 g/mol. The number of likely N-dealkylation sites (N-methyl/N-ethyl adjacent to an activating group) is 1. The fraction of sp³-hybridized carbons (Fsp3) is 0.976. The van der Waals surface area contributed by atoms with Crippen LogP contribution in [0.2, 0.25) is 0 Å². The summed E-state index contributed by atoms with van der Waals surface area (Å²) < 4.78 is 23.2. The number of carbonyl (C=O) groups is 1. The van der Waals surface area contributed by atoms with Crippen molar-refractivity contribution in [2.45, 2.75) is 225 Å². The summed E-state index contributed by atoms with van der Waals surface area (Å²) in [5.41, 5.74) is 0. The number of carbonyl (C=O) groups excluding carboxylic acids is 1. The van der Waals surface area contributed by atoms with Gasteiger partial charge in [-0.3, -0.25) is 9.36 Å². The molecule has 0 aliphatic heterocycles. The molecule has 306 valence electrons. The average molecular weight is 747 g/mol. The fourth-order valence-electron chi connectivity index (χ4n) is 6.57. The highest BCUT2D eigenvalue weighted by Crippen LogP contribution is 2.38. The average Bonchev–Trinajstić information content (AvgIpc) is 3.07. The summed E-state index contributed by atoms with van der Waals surface area (Å²) in [6.45, 7) is 4.73. The van der Waals surface area contributed by atoms with Gasteiger partial charge in [-0.2, -0.15) is 0 Å². The molecule has 0 rings (SSSR count). The number of nitrogens with zero attached hydrogens (tertiary/aromatic N) is 1. The van der Waals surface area contributed by atoms with Gasteiger partial charge >= 0.3 is 0 Å². The van der Waals surface area contributed by atoms with Gasteiger partial charge in [-0.05, 0) is 12.8 Å². The molecule has 0 heterocycles. The zero-order valence-electron chi connectivity index (χ0n) is 34.6. The van der Waals surface area contributed by atoms with E-state index in [1.807, 2.05) is 21.1 Å². The van der Waals surface area contributed by atoms with E-state index in [1.165, 1.54) is 148 Å². The molecule has 2 N–H and O–H groups in total. The van der Waals surface area contributed by atoms with Crippen LogP contribution in [0.5, 0.6) is 0 Å². The molecule has 0 aliphatic carbocycles. The Kier molecular flexibility index (Phi) is 34.9. The lowest BCUT2D eigenvalue weighted by Crippen LogP contribution is -2.46. The number of hydrogen-bond donors (Lipinski definition) is 2. The molecule has 0 aromatic rings. The van der Waals surface area contributed by atoms with Crippen molar-refractivity contribution in [2.75, 3.05) is 40.9 Å². The predicted molar refractivity (Wildman–Crippen MR) is 215 cm³/mol. The first-order valence-electron chi connectivity index (χ1n) is 21.9. The van der Waals surface area contributed by atoms with Crippen LogP contribution in [0.4, 0.5) is 0 Å². The largest absolute Gasteiger partial charge is 0.756 e. The number of phosphoric acid groups is 1. The Bertz CT molecular complexity index is 809. The van der Waals surface area contributed by atoms with Crippen molar-refractivity contribution in [2.24, 2.45) is 0 Å². The molecule has 0 saturated heterocycles. The summed E-state index contributed by atoms with van der Waals surface area (Å²) in [6, 6.07) is -0.791. The first-order valence-corrected chi connectivity index (χ1v) is 23.3. The molecule has 3 atom stereocenters. The minimum Gasteiger partial charge on any atom is -0.756 e. The predicted octanol–water partition coefficient (Wildman–Crippen LogP) is 11.2. The Balaban J connectivity index is 4.31. The van der Waals surface area contributed by atoms with E-state index in [2.05, 4.69) is 19.2 Å². The number of quaternary nitrogens is 1. The van der Waals surface area contributed by atoms with E-state index in [0.29, 0.717) is 23.9 Å². The standard InChI is InChI=1S/C42H87N2O6P/c1-6-8-10-12-14-16-18-20-21-22-23-24-26-28-30-32-34-36-42(46)43-40(39-50-51(47,48)49-38-37-44(3,4)5)41(45)35-33-31-29-27-25-19-17-15-13-11-9-7-2/h40-41,45H,6-39H2,1-5H3,(H-,43,46,47,48). The van der Waals surface area contributed by atoms with Crippen LogP contribution in [0.3, 0.4) is 0 Å². The van der Waals surface area contributed by atoms with Crippen LogP contribution < -0.4 is 10.2 Å². The lowest BCUT2D eigenvalue weighted by Gasteiger charge is -2.30. The van der Waals surface area contributed by atoms with Crippen molar-refractivity contribution in [3.63, 3.8) is 0 Å². The highest BCUT2D eigenvalue weighted by molar-refractivity contribution is 7.45. The third kappa shape index (κ3) is 37.6. The molecule has 0 aromatic heterocycles. The Morgan fingerprint density at radius 3 is 1.33 bits per heavy atom. The summed E-state index contributed by atoms with van der Waals surface area (Å²) in [5.74, 6) is -0.162. The third-order valence-electron chi connectivity index (χ3n) is 10.1. The van der Waals surface area contributed by atoms with E-state index in [1.54, 1.807) is 0 Å². The van der Waals surface area contributed by atoms with Crippen LogP contribution in [-0.4, -0.2) is 68.5 Å². The fourth-order valence-corrected chi connectivity index (χ4v) is 7.29. The summed E-state index contributed by atoms with van der Waals surface area (Å²) in [7, 11) is 1.32. The molecule has 0 spiro atoms. The number of aliphatic hydroxyl groups excluding tert-OH is 1. The van der Waals surface area contributed by atoms with Crippen molar-refractivity contribution < 1.29 is 32.9 Å². The molecule has 0 bridgehead atoms. The lowest BCUT2D eigenvalue weighted by atomic mass is 10.0. The van der Waals surface area contributed by atoms with E-state index >= 15 is 0 Å². The molecule has 51 heavy (non-hydrogen) atoms. The highest BCUT2D eigenvalue weighted by atomic mass is 31.2. The summed E-state index contributed by atoms with van der Waals surface area (Å²) in [4.78, 5) is 25.3. The Morgan fingerprint density at radius 2 is 0.961 bits per heavy atom. The second-order valence-electron chi connectivity index (χ2n) is 16.4. The molecule has 0 radical (unpaired) electrons. The second kappa shape index (κ2) is 35.2. The summed E-state index contributed by atoms with van der Waals surface area (Å²) in [6.07, 6.45) is 36.7. The molecule has 8 nitrogen and oxygen atoms in total. The van der Waals surface area contributed by atoms with Gasteiger partial charge in [-0.1, -0.05) is 194 Å². The van der Waals surface area contributed by atoms with Gasteiger partial charge < -0.3 is 28.8 Å². The SMILES string of the molecule is CCCCCCCCCCCCCCCCCCCC(=O)NC(COP(=O)([O-])OCC[N+](C)(C)C)C(O)CCCCCCCCCCCCCC. The van der Waals surface area contributed by atoms with Crippen molar-refractivity contribution in [1.29, 1.82) is 0 Å². The first kappa shape index (κ1) is 50.5. The quantitative estimate of drug-likeness (QED) is 0.0367. The van der Waals surface area contributed by atoms with Crippen molar-refractivity contribution in [1.82, 2.24) is 5.32 Å².